The Bertz CT molecular complexity index is 2050. The third kappa shape index (κ3) is 18.4. The van der Waals surface area contributed by atoms with Gasteiger partial charge in [-0.15, -0.1) is 0 Å². The van der Waals surface area contributed by atoms with Crippen molar-refractivity contribution in [3.63, 3.8) is 0 Å². The van der Waals surface area contributed by atoms with E-state index < -0.39 is 133 Å². The van der Waals surface area contributed by atoms with Crippen molar-refractivity contribution in [3.05, 3.63) is 29.8 Å². The molecule has 2 aliphatic heterocycles. The summed E-state index contributed by atoms with van der Waals surface area (Å²) in [5, 5.41) is 25.3. The van der Waals surface area contributed by atoms with E-state index in [4.69, 9.17) is 17.2 Å². The van der Waals surface area contributed by atoms with Gasteiger partial charge in [0.25, 0.3) is 0 Å². The van der Waals surface area contributed by atoms with E-state index in [1.165, 1.54) is 29.0 Å². The van der Waals surface area contributed by atoms with Gasteiger partial charge >= 0.3 is 0 Å². The molecule has 0 bridgehead atoms. The number of likely N-dealkylation sites (tertiary alicyclic amines) is 1. The first-order valence-corrected chi connectivity index (χ1v) is 25.2. The molecule has 2 aliphatic rings. The van der Waals surface area contributed by atoms with Crippen molar-refractivity contribution in [2.75, 3.05) is 31.6 Å². The van der Waals surface area contributed by atoms with Crippen LogP contribution < -0.4 is 49.1 Å². The molecular weight excluding hydrogens is 939 g/mol. The number of rotatable bonds is 17. The van der Waals surface area contributed by atoms with Crippen LogP contribution in [0.1, 0.15) is 84.6 Å². The lowest BCUT2D eigenvalue weighted by molar-refractivity contribution is -0.148. The first-order chi connectivity index (χ1) is 32.5. The third-order valence-electron chi connectivity index (χ3n) is 11.6. The van der Waals surface area contributed by atoms with Gasteiger partial charge < -0.3 is 64.0 Å². The Morgan fingerprint density at radius 2 is 1.46 bits per heavy atom. The summed E-state index contributed by atoms with van der Waals surface area (Å²) in [6.45, 7) is 6.74. The maximum absolute atomic E-state index is 14.6. The summed E-state index contributed by atoms with van der Waals surface area (Å²) in [4.78, 5) is 150. The first kappa shape index (κ1) is 57.2. The summed E-state index contributed by atoms with van der Waals surface area (Å²) in [5.74, 6) is -9.43. The number of carbonyl (C=O) groups excluding carboxylic acids is 11. The number of nitrogens with two attached hydrogens (primary N) is 3. The molecule has 382 valence electrons. The molecule has 0 saturated carbocycles. The van der Waals surface area contributed by atoms with Gasteiger partial charge in [-0.05, 0) is 55.2 Å². The topological polar surface area (TPSA) is 365 Å². The number of primary amides is 3. The van der Waals surface area contributed by atoms with Gasteiger partial charge in [0.05, 0.1) is 13.0 Å². The van der Waals surface area contributed by atoms with Crippen LogP contribution in [-0.4, -0.2) is 154 Å². The zero-order chi connectivity index (χ0) is 51.5. The zero-order valence-corrected chi connectivity index (χ0v) is 41.2. The van der Waals surface area contributed by atoms with Crippen LogP contribution in [0.15, 0.2) is 24.3 Å². The minimum absolute atomic E-state index is 0.0249. The van der Waals surface area contributed by atoms with Crippen LogP contribution in [0.5, 0.6) is 5.75 Å². The fraction of sp³-hybridized carbons (Fsp3) is 0.614. The number of aromatic hydroxyl groups is 1. The smallest absolute Gasteiger partial charge is 0.246 e. The number of hydrogen-bond donors (Lipinski definition) is 10. The summed E-state index contributed by atoms with van der Waals surface area (Å²) in [7, 11) is 3.66. The van der Waals surface area contributed by atoms with Crippen molar-refractivity contribution in [2.45, 2.75) is 128 Å². The van der Waals surface area contributed by atoms with Crippen molar-refractivity contribution in [1.82, 2.24) is 41.7 Å². The summed E-state index contributed by atoms with van der Waals surface area (Å²) in [5.41, 5.74) is 16.7. The molecule has 0 radical (unpaired) electrons. The van der Waals surface area contributed by atoms with Crippen molar-refractivity contribution < 1.29 is 57.8 Å². The average Bonchev–Trinajstić information content (AvgIpc) is 3.78. The highest BCUT2D eigenvalue weighted by Crippen LogP contribution is 2.27. The van der Waals surface area contributed by atoms with Gasteiger partial charge in [-0.2, -0.15) is 0 Å². The molecule has 2 fully saturated rings. The Morgan fingerprint density at radius 3 is 2.07 bits per heavy atom. The Hall–Kier alpha value is -6.11. The molecule has 3 rings (SSSR count). The lowest BCUT2D eigenvalue weighted by Gasteiger charge is -2.34. The van der Waals surface area contributed by atoms with Crippen molar-refractivity contribution in [1.29, 1.82) is 0 Å². The molecule has 13 N–H and O–H groups in total. The predicted molar refractivity (Wildman–Crippen MR) is 256 cm³/mol. The molecule has 2 saturated heterocycles. The number of hydrogen-bond acceptors (Lipinski definition) is 14. The summed E-state index contributed by atoms with van der Waals surface area (Å²) >= 11 is 0. The molecule has 11 amide bonds. The van der Waals surface area contributed by atoms with Gasteiger partial charge in [0.1, 0.15) is 48.0 Å². The van der Waals surface area contributed by atoms with E-state index in [-0.39, 0.29) is 61.8 Å². The highest BCUT2D eigenvalue weighted by atomic mass is 33.1. The third-order valence-corrected chi connectivity index (χ3v) is 14.0. The zero-order valence-electron chi connectivity index (χ0n) is 39.6. The van der Waals surface area contributed by atoms with Crippen LogP contribution in [0, 0.1) is 11.8 Å². The van der Waals surface area contributed by atoms with Gasteiger partial charge in [0, 0.05) is 44.4 Å². The summed E-state index contributed by atoms with van der Waals surface area (Å²) in [6.07, 6.45) is -0.586. The Kier molecular flexibility index (Phi) is 23.0. The molecule has 25 heteroatoms. The molecule has 0 aliphatic carbocycles. The number of benzene rings is 1. The number of likely N-dealkylation sites (N-methyl/N-ethyl adjacent to an activating group) is 1. The number of amides is 11. The largest absolute Gasteiger partial charge is 0.508 e. The molecule has 69 heavy (non-hydrogen) atoms. The van der Waals surface area contributed by atoms with Crippen molar-refractivity contribution >= 4 is 86.6 Å². The van der Waals surface area contributed by atoms with Crippen LogP contribution >= 0.6 is 21.6 Å². The SMILES string of the molecule is CCC(C)C1NC(=O)C(Cc2ccc(O)cc2)NC(=O)CCSSCC(C(=O)N2CCCC2C(=O)N(C)C(CC(C)C)C(=O)NCC(N)=O)NC(=O)C(CC(N)=O)NC(=O)C(CCC(N)=O)NC1=O. The second-order valence-electron chi connectivity index (χ2n) is 17.5. The van der Waals surface area contributed by atoms with E-state index in [2.05, 4.69) is 31.9 Å². The molecule has 8 unspecified atom stereocenters. The van der Waals surface area contributed by atoms with Gasteiger partial charge in [0.2, 0.25) is 65.0 Å². The second kappa shape index (κ2) is 27.8. The number of nitrogens with zero attached hydrogens (tertiary/aromatic N) is 2. The number of phenolic OH excluding ortho intramolecular Hbond substituents is 1. The lowest BCUT2D eigenvalue weighted by Crippen LogP contribution is -2.61. The van der Waals surface area contributed by atoms with Crippen LogP contribution in [-0.2, 0) is 59.2 Å². The quantitative estimate of drug-likeness (QED) is 0.0741. The van der Waals surface area contributed by atoms with E-state index in [0.29, 0.717) is 18.4 Å². The maximum atomic E-state index is 14.6. The van der Waals surface area contributed by atoms with Crippen LogP contribution in [0.4, 0.5) is 0 Å². The molecule has 23 nitrogen and oxygen atoms in total. The lowest BCUT2D eigenvalue weighted by atomic mass is 9.96. The highest BCUT2D eigenvalue weighted by molar-refractivity contribution is 8.76. The summed E-state index contributed by atoms with van der Waals surface area (Å²) < 4.78 is 0. The van der Waals surface area contributed by atoms with Crippen LogP contribution in [0.3, 0.4) is 0 Å². The van der Waals surface area contributed by atoms with Gasteiger partial charge in [-0.3, -0.25) is 52.7 Å². The van der Waals surface area contributed by atoms with E-state index in [9.17, 15) is 57.8 Å². The number of nitrogens with one attached hydrogen (secondary N) is 6. The van der Waals surface area contributed by atoms with E-state index >= 15 is 0 Å². The second-order valence-corrected chi connectivity index (χ2v) is 20.2. The summed E-state index contributed by atoms with van der Waals surface area (Å²) in [6, 6.07) is -3.37. The number of carbonyl (C=O) groups is 11. The van der Waals surface area contributed by atoms with E-state index in [1.807, 2.05) is 13.8 Å². The maximum Gasteiger partial charge on any atom is 0.246 e. The molecule has 2 heterocycles. The highest BCUT2D eigenvalue weighted by Gasteiger charge is 2.42. The molecule has 0 spiro atoms. The van der Waals surface area contributed by atoms with E-state index in [0.717, 1.165) is 21.6 Å². The predicted octanol–water partition coefficient (Wildman–Crippen LogP) is -2.20. The van der Waals surface area contributed by atoms with Gasteiger partial charge in [-0.1, -0.05) is 67.8 Å². The first-order valence-electron chi connectivity index (χ1n) is 22.8. The van der Waals surface area contributed by atoms with Gasteiger partial charge in [-0.25, -0.2) is 0 Å². The Morgan fingerprint density at radius 1 is 0.826 bits per heavy atom. The monoisotopic (exact) mass is 1010 g/mol. The van der Waals surface area contributed by atoms with Crippen LogP contribution in [0.2, 0.25) is 0 Å². The minimum Gasteiger partial charge on any atom is -0.508 e. The molecule has 1 aromatic carbocycles. The van der Waals surface area contributed by atoms with Crippen LogP contribution in [0.25, 0.3) is 0 Å². The molecule has 0 aromatic heterocycles. The van der Waals surface area contributed by atoms with Crippen molar-refractivity contribution in [3.8, 4) is 5.75 Å². The Balaban J connectivity index is 2.04. The normalized spacial score (nSPS) is 23.2. The molecule has 8 atom stereocenters. The number of phenols is 1. The average molecular weight is 1010 g/mol. The fourth-order valence-corrected chi connectivity index (χ4v) is 9.76. The van der Waals surface area contributed by atoms with Gasteiger partial charge in [0.15, 0.2) is 0 Å². The molecule has 1 aromatic rings. The Labute approximate surface area is 408 Å². The standard InChI is InChI=1S/C44H67N11O12S2/c1-6-24(4)37-42(65)50-27(13-14-33(45)57)38(61)51-29(20-34(46)58)39(62)52-30(22-69-68-17-15-36(60)49-28(40(63)53-37)19-25-9-11-26(56)12-10-25)43(66)55-16-7-8-31(55)44(67)54(5)32(18-23(2)3)41(64)48-21-35(47)59/h9-12,23-24,27-32,37,56H,6-8,13-22H2,1-5H3,(H2,45,57)(H2,46,58)(H2,47,59)(H,48,64)(H,49,60)(H,50,65)(H,51,61)(H,52,62)(H,53,63). The van der Waals surface area contributed by atoms with Crippen molar-refractivity contribution in [2.24, 2.45) is 29.0 Å². The minimum atomic E-state index is -1.73. The fourth-order valence-electron chi connectivity index (χ4n) is 7.61. The van der Waals surface area contributed by atoms with E-state index in [1.54, 1.807) is 26.0 Å². The molecular formula is C44H67N11O12S2.